The molecular formula is C18H14ClN5. The number of benzene rings is 2. The summed E-state index contributed by atoms with van der Waals surface area (Å²) in [5.41, 5.74) is 2.90. The number of anilines is 1. The molecule has 4 aromatic rings. The summed E-state index contributed by atoms with van der Waals surface area (Å²) in [7, 11) is 0. The quantitative estimate of drug-likeness (QED) is 0.611. The van der Waals surface area contributed by atoms with E-state index in [0.717, 1.165) is 27.7 Å². The summed E-state index contributed by atoms with van der Waals surface area (Å²) >= 11 is 6.23. The monoisotopic (exact) mass is 335 g/mol. The lowest BCUT2D eigenvalue weighted by atomic mass is 10.1. The molecule has 2 aromatic heterocycles. The number of rotatable bonds is 4. The van der Waals surface area contributed by atoms with Gasteiger partial charge >= 0.3 is 0 Å². The second-order valence-corrected chi connectivity index (χ2v) is 5.72. The SMILES string of the molecule is Clc1ccccc1CNc1cc(-c2ccccc2)nc2ncnn12. The van der Waals surface area contributed by atoms with Crippen molar-refractivity contribution in [2.24, 2.45) is 0 Å². The molecule has 0 bridgehead atoms. The molecule has 0 atom stereocenters. The van der Waals surface area contributed by atoms with Crippen molar-refractivity contribution in [3.05, 3.63) is 77.6 Å². The Morgan fingerprint density at radius 1 is 1.00 bits per heavy atom. The highest BCUT2D eigenvalue weighted by Crippen LogP contribution is 2.22. The normalized spacial score (nSPS) is 10.9. The molecule has 0 radical (unpaired) electrons. The summed E-state index contributed by atoms with van der Waals surface area (Å²) < 4.78 is 1.68. The zero-order valence-electron chi connectivity index (χ0n) is 12.7. The second kappa shape index (κ2) is 6.29. The summed E-state index contributed by atoms with van der Waals surface area (Å²) in [6.45, 7) is 0.590. The Morgan fingerprint density at radius 3 is 2.62 bits per heavy atom. The van der Waals surface area contributed by atoms with E-state index in [9.17, 15) is 0 Å². The molecule has 118 valence electrons. The molecule has 0 unspecified atom stereocenters. The van der Waals surface area contributed by atoms with Crippen LogP contribution in [0.4, 0.5) is 5.82 Å². The Bertz CT molecular complexity index is 981. The first-order valence-electron chi connectivity index (χ1n) is 7.55. The average molecular weight is 336 g/mol. The minimum atomic E-state index is 0.554. The van der Waals surface area contributed by atoms with Gasteiger partial charge in [0.15, 0.2) is 0 Å². The van der Waals surface area contributed by atoms with Gasteiger partial charge in [-0.2, -0.15) is 14.6 Å². The molecule has 0 fully saturated rings. The molecule has 4 rings (SSSR count). The van der Waals surface area contributed by atoms with Crippen LogP contribution in [-0.2, 0) is 6.54 Å². The van der Waals surface area contributed by atoms with Crippen molar-refractivity contribution in [1.82, 2.24) is 19.6 Å². The number of hydrogen-bond acceptors (Lipinski definition) is 4. The van der Waals surface area contributed by atoms with Crippen LogP contribution in [0.25, 0.3) is 17.0 Å². The first kappa shape index (κ1) is 14.7. The van der Waals surface area contributed by atoms with Crippen molar-refractivity contribution in [3.63, 3.8) is 0 Å². The maximum atomic E-state index is 6.23. The van der Waals surface area contributed by atoms with Gasteiger partial charge in [0.25, 0.3) is 5.78 Å². The van der Waals surface area contributed by atoms with Crippen LogP contribution in [-0.4, -0.2) is 19.6 Å². The Balaban J connectivity index is 1.71. The second-order valence-electron chi connectivity index (χ2n) is 5.31. The van der Waals surface area contributed by atoms with Gasteiger partial charge in [0, 0.05) is 23.2 Å². The van der Waals surface area contributed by atoms with E-state index in [-0.39, 0.29) is 0 Å². The fourth-order valence-electron chi connectivity index (χ4n) is 2.52. The smallest absolute Gasteiger partial charge is 0.254 e. The highest BCUT2D eigenvalue weighted by molar-refractivity contribution is 6.31. The first-order chi connectivity index (χ1) is 11.8. The van der Waals surface area contributed by atoms with E-state index >= 15 is 0 Å². The number of nitrogens with zero attached hydrogens (tertiary/aromatic N) is 4. The van der Waals surface area contributed by atoms with Crippen LogP contribution < -0.4 is 5.32 Å². The van der Waals surface area contributed by atoms with Crippen molar-refractivity contribution in [2.45, 2.75) is 6.54 Å². The molecule has 0 spiro atoms. The third kappa shape index (κ3) is 2.81. The van der Waals surface area contributed by atoms with Crippen molar-refractivity contribution >= 4 is 23.2 Å². The topological polar surface area (TPSA) is 55.1 Å². The zero-order chi connectivity index (χ0) is 16.4. The zero-order valence-corrected chi connectivity index (χ0v) is 13.5. The van der Waals surface area contributed by atoms with Crippen LogP contribution in [0.2, 0.25) is 5.02 Å². The van der Waals surface area contributed by atoms with Crippen molar-refractivity contribution < 1.29 is 0 Å². The minimum absolute atomic E-state index is 0.554. The van der Waals surface area contributed by atoms with E-state index in [4.69, 9.17) is 11.6 Å². The highest BCUT2D eigenvalue weighted by Gasteiger charge is 2.09. The number of hydrogen-bond donors (Lipinski definition) is 1. The van der Waals surface area contributed by atoms with Gasteiger partial charge in [0.2, 0.25) is 0 Å². The van der Waals surface area contributed by atoms with Gasteiger partial charge in [0.05, 0.1) is 5.69 Å². The highest BCUT2D eigenvalue weighted by atomic mass is 35.5. The van der Waals surface area contributed by atoms with E-state index in [0.29, 0.717) is 12.3 Å². The van der Waals surface area contributed by atoms with Crippen LogP contribution in [0.3, 0.4) is 0 Å². The first-order valence-corrected chi connectivity index (χ1v) is 7.92. The summed E-state index contributed by atoms with van der Waals surface area (Å²) in [4.78, 5) is 8.77. The summed E-state index contributed by atoms with van der Waals surface area (Å²) in [5.74, 6) is 1.37. The van der Waals surface area contributed by atoms with Gasteiger partial charge in [-0.1, -0.05) is 60.1 Å². The van der Waals surface area contributed by atoms with Gasteiger partial charge in [0.1, 0.15) is 12.1 Å². The number of nitrogens with one attached hydrogen (secondary N) is 1. The molecule has 1 N–H and O–H groups in total. The van der Waals surface area contributed by atoms with E-state index in [2.05, 4.69) is 20.4 Å². The van der Waals surface area contributed by atoms with Gasteiger partial charge in [-0.05, 0) is 11.6 Å². The number of aromatic nitrogens is 4. The summed E-state index contributed by atoms with van der Waals surface area (Å²) in [6, 6.07) is 19.7. The van der Waals surface area contributed by atoms with E-state index in [1.807, 2.05) is 60.7 Å². The molecule has 0 amide bonds. The van der Waals surface area contributed by atoms with Gasteiger partial charge in [-0.25, -0.2) is 4.98 Å². The largest absolute Gasteiger partial charge is 0.366 e. The molecule has 6 heteroatoms. The lowest BCUT2D eigenvalue weighted by Gasteiger charge is -2.11. The molecule has 0 aliphatic heterocycles. The molecule has 0 saturated heterocycles. The molecule has 0 aliphatic rings. The van der Waals surface area contributed by atoms with Crippen LogP contribution in [0.1, 0.15) is 5.56 Å². The van der Waals surface area contributed by atoms with Gasteiger partial charge in [-0.15, -0.1) is 0 Å². The average Bonchev–Trinajstić information content (AvgIpc) is 3.10. The van der Waals surface area contributed by atoms with Crippen LogP contribution in [0.15, 0.2) is 67.0 Å². The number of fused-ring (bicyclic) bond motifs is 1. The van der Waals surface area contributed by atoms with Gasteiger partial charge in [-0.3, -0.25) is 0 Å². The van der Waals surface area contributed by atoms with Crippen LogP contribution >= 0.6 is 11.6 Å². The Labute approximate surface area is 144 Å². The summed E-state index contributed by atoms with van der Waals surface area (Å²) in [5, 5.41) is 8.35. The lowest BCUT2D eigenvalue weighted by molar-refractivity contribution is 0.926. The maximum Gasteiger partial charge on any atom is 0.254 e. The fraction of sp³-hybridized carbons (Fsp3) is 0.0556. The summed E-state index contributed by atoms with van der Waals surface area (Å²) in [6.07, 6.45) is 1.50. The Hall–Kier alpha value is -2.92. The Kier molecular flexibility index (Phi) is 3.84. The maximum absolute atomic E-state index is 6.23. The third-order valence-electron chi connectivity index (χ3n) is 3.74. The van der Waals surface area contributed by atoms with Crippen molar-refractivity contribution in [3.8, 4) is 11.3 Å². The molecule has 0 saturated carbocycles. The van der Waals surface area contributed by atoms with E-state index in [1.165, 1.54) is 6.33 Å². The molecule has 2 aromatic carbocycles. The molecular weight excluding hydrogens is 322 g/mol. The fourth-order valence-corrected chi connectivity index (χ4v) is 2.73. The standard InChI is InChI=1S/C18H14ClN5/c19-15-9-5-4-8-14(15)11-20-17-10-16(13-6-2-1-3-7-13)23-18-21-12-22-24(17)18/h1-10,12,20H,11H2. The minimum Gasteiger partial charge on any atom is -0.366 e. The molecule has 5 nitrogen and oxygen atoms in total. The lowest BCUT2D eigenvalue weighted by Crippen LogP contribution is -2.07. The van der Waals surface area contributed by atoms with E-state index in [1.54, 1.807) is 4.52 Å². The van der Waals surface area contributed by atoms with E-state index < -0.39 is 0 Å². The third-order valence-corrected chi connectivity index (χ3v) is 4.11. The van der Waals surface area contributed by atoms with Crippen LogP contribution in [0.5, 0.6) is 0 Å². The molecule has 0 aliphatic carbocycles. The molecule has 24 heavy (non-hydrogen) atoms. The predicted octanol–water partition coefficient (Wildman–Crippen LogP) is 4.06. The molecule has 2 heterocycles. The van der Waals surface area contributed by atoms with Gasteiger partial charge < -0.3 is 5.32 Å². The van der Waals surface area contributed by atoms with Crippen molar-refractivity contribution in [2.75, 3.05) is 5.32 Å². The van der Waals surface area contributed by atoms with Crippen molar-refractivity contribution in [1.29, 1.82) is 0 Å². The Morgan fingerprint density at radius 2 is 1.79 bits per heavy atom. The number of halogens is 1. The van der Waals surface area contributed by atoms with Crippen LogP contribution in [0, 0.1) is 0 Å². The predicted molar refractivity (Wildman–Crippen MR) is 95.0 cm³/mol.